The predicted octanol–water partition coefficient (Wildman–Crippen LogP) is 1.76. The van der Waals surface area contributed by atoms with E-state index in [1.165, 1.54) is 5.70 Å². The molecule has 1 aromatic rings. The normalized spacial score (nSPS) is 12.0. The molecular weight excluding hydrogens is 112 g/mol. The second kappa shape index (κ2) is 2.49. The van der Waals surface area contributed by atoms with Gasteiger partial charge in [0.25, 0.3) is 0 Å². The van der Waals surface area contributed by atoms with Gasteiger partial charge in [0.05, 0.1) is 6.33 Å². The number of hydrogen-bond acceptors (Lipinski definition) is 1. The van der Waals surface area contributed by atoms with Gasteiger partial charge in [0.2, 0.25) is 0 Å². The lowest BCUT2D eigenvalue weighted by atomic mass is 10.4. The average Bonchev–Trinajstić information content (AvgIpc) is 2.37. The van der Waals surface area contributed by atoms with Gasteiger partial charge in [-0.15, -0.1) is 0 Å². The van der Waals surface area contributed by atoms with E-state index < -0.39 is 0 Å². The molecule has 0 bridgehead atoms. The van der Waals surface area contributed by atoms with Gasteiger partial charge < -0.3 is 4.57 Å². The van der Waals surface area contributed by atoms with Gasteiger partial charge in [0.15, 0.2) is 0 Å². The minimum atomic E-state index is 1.20. The van der Waals surface area contributed by atoms with Crippen LogP contribution in [0, 0.1) is 0 Å². The molecule has 48 valence electrons. The first-order valence-electron chi connectivity index (χ1n) is 2.96. The minimum absolute atomic E-state index is 1.20. The molecular formula is C7H10N2. The van der Waals surface area contributed by atoms with E-state index in [1.807, 2.05) is 30.7 Å². The molecule has 2 nitrogen and oxygen atoms in total. The Kier molecular flexibility index (Phi) is 1.68. The molecule has 0 spiro atoms. The highest BCUT2D eigenvalue weighted by Crippen LogP contribution is 1.99. The summed E-state index contributed by atoms with van der Waals surface area (Å²) in [6, 6.07) is 0. The summed E-state index contributed by atoms with van der Waals surface area (Å²) in [5.41, 5.74) is 1.20. The lowest BCUT2D eigenvalue weighted by Crippen LogP contribution is -1.86. The molecule has 1 aromatic heterocycles. The number of nitrogens with zero attached hydrogens (tertiary/aromatic N) is 2. The van der Waals surface area contributed by atoms with E-state index in [-0.39, 0.29) is 0 Å². The Balaban J connectivity index is 2.90. The van der Waals surface area contributed by atoms with E-state index in [4.69, 9.17) is 0 Å². The zero-order valence-electron chi connectivity index (χ0n) is 5.70. The summed E-state index contributed by atoms with van der Waals surface area (Å²) in [4.78, 5) is 3.91. The molecule has 0 radical (unpaired) electrons. The molecule has 0 atom stereocenters. The summed E-state index contributed by atoms with van der Waals surface area (Å²) in [6.07, 6.45) is 7.53. The molecule has 0 aliphatic carbocycles. The first-order valence-corrected chi connectivity index (χ1v) is 2.96. The molecule has 0 fully saturated rings. The quantitative estimate of drug-likeness (QED) is 0.555. The van der Waals surface area contributed by atoms with Crippen molar-refractivity contribution in [3.63, 3.8) is 0 Å². The summed E-state index contributed by atoms with van der Waals surface area (Å²) in [7, 11) is 0. The Morgan fingerprint density at radius 2 is 2.44 bits per heavy atom. The Hall–Kier alpha value is -1.05. The van der Waals surface area contributed by atoms with Crippen molar-refractivity contribution < 1.29 is 0 Å². The second-order valence-electron chi connectivity index (χ2n) is 1.90. The summed E-state index contributed by atoms with van der Waals surface area (Å²) in [5.74, 6) is 0. The predicted molar refractivity (Wildman–Crippen MR) is 37.8 cm³/mol. The maximum atomic E-state index is 3.91. The molecule has 0 aliphatic rings. The maximum absolute atomic E-state index is 3.91. The number of hydrogen-bond donors (Lipinski definition) is 0. The van der Waals surface area contributed by atoms with Crippen LogP contribution in [0.3, 0.4) is 0 Å². The summed E-state index contributed by atoms with van der Waals surface area (Å²) in [6.45, 7) is 4.05. The fourth-order valence-electron chi connectivity index (χ4n) is 0.617. The number of rotatable bonds is 1. The van der Waals surface area contributed by atoms with E-state index in [1.54, 1.807) is 12.5 Å². The molecule has 2 heteroatoms. The third-order valence-electron chi connectivity index (χ3n) is 1.33. The Morgan fingerprint density at radius 3 is 2.89 bits per heavy atom. The smallest absolute Gasteiger partial charge is 0.0988 e. The van der Waals surface area contributed by atoms with Gasteiger partial charge in [-0.05, 0) is 13.8 Å². The van der Waals surface area contributed by atoms with Crippen LogP contribution in [0.4, 0.5) is 0 Å². The van der Waals surface area contributed by atoms with Crippen molar-refractivity contribution in [1.82, 2.24) is 9.55 Å². The SMILES string of the molecule is CC=C(C)n1ccnc1. The van der Waals surface area contributed by atoms with Gasteiger partial charge in [0, 0.05) is 18.1 Å². The first kappa shape index (κ1) is 6.08. The highest BCUT2D eigenvalue weighted by Gasteiger charge is 1.86. The highest BCUT2D eigenvalue weighted by atomic mass is 15.0. The van der Waals surface area contributed by atoms with Crippen LogP contribution >= 0.6 is 0 Å². The number of imidazole rings is 1. The van der Waals surface area contributed by atoms with Gasteiger partial charge >= 0.3 is 0 Å². The zero-order chi connectivity index (χ0) is 6.69. The molecule has 1 heterocycles. The van der Waals surface area contributed by atoms with Crippen LogP contribution in [0.2, 0.25) is 0 Å². The molecule has 0 N–H and O–H groups in total. The van der Waals surface area contributed by atoms with Crippen LogP contribution in [0.15, 0.2) is 24.8 Å². The van der Waals surface area contributed by atoms with Crippen molar-refractivity contribution in [2.75, 3.05) is 0 Å². The third kappa shape index (κ3) is 1.19. The standard InChI is InChI=1S/C7H10N2/c1-3-7(2)9-5-4-8-6-9/h3-6H,1-2H3. The molecule has 1 rings (SSSR count). The van der Waals surface area contributed by atoms with Crippen LogP contribution in [0.25, 0.3) is 5.70 Å². The fraction of sp³-hybridized carbons (Fsp3) is 0.286. The van der Waals surface area contributed by atoms with Crippen LogP contribution < -0.4 is 0 Å². The summed E-state index contributed by atoms with van der Waals surface area (Å²) >= 11 is 0. The van der Waals surface area contributed by atoms with Gasteiger partial charge in [-0.2, -0.15) is 0 Å². The van der Waals surface area contributed by atoms with Crippen molar-refractivity contribution in [3.8, 4) is 0 Å². The van der Waals surface area contributed by atoms with Crippen LogP contribution in [0.1, 0.15) is 13.8 Å². The maximum Gasteiger partial charge on any atom is 0.0988 e. The van der Waals surface area contributed by atoms with E-state index in [2.05, 4.69) is 4.98 Å². The molecule has 0 saturated heterocycles. The summed E-state index contributed by atoms with van der Waals surface area (Å²) < 4.78 is 1.97. The van der Waals surface area contributed by atoms with Crippen LogP contribution in [0.5, 0.6) is 0 Å². The largest absolute Gasteiger partial charge is 0.311 e. The third-order valence-corrected chi connectivity index (χ3v) is 1.33. The fourth-order valence-corrected chi connectivity index (χ4v) is 0.617. The van der Waals surface area contributed by atoms with Crippen molar-refractivity contribution in [2.24, 2.45) is 0 Å². The molecule has 9 heavy (non-hydrogen) atoms. The minimum Gasteiger partial charge on any atom is -0.311 e. The molecule has 0 amide bonds. The van der Waals surface area contributed by atoms with Crippen molar-refractivity contribution >= 4 is 5.70 Å². The second-order valence-corrected chi connectivity index (χ2v) is 1.90. The zero-order valence-corrected chi connectivity index (χ0v) is 5.70. The lowest BCUT2D eigenvalue weighted by molar-refractivity contribution is 1.07. The monoisotopic (exact) mass is 122 g/mol. The van der Waals surface area contributed by atoms with Gasteiger partial charge in [-0.3, -0.25) is 0 Å². The van der Waals surface area contributed by atoms with Crippen molar-refractivity contribution in [3.05, 3.63) is 24.8 Å². The van der Waals surface area contributed by atoms with E-state index >= 15 is 0 Å². The molecule has 0 aromatic carbocycles. The molecule has 0 aliphatic heterocycles. The van der Waals surface area contributed by atoms with Gasteiger partial charge in [0.1, 0.15) is 0 Å². The highest BCUT2D eigenvalue weighted by molar-refractivity contribution is 5.40. The van der Waals surface area contributed by atoms with E-state index in [9.17, 15) is 0 Å². The Morgan fingerprint density at radius 1 is 1.67 bits per heavy atom. The van der Waals surface area contributed by atoms with Gasteiger partial charge in [-0.1, -0.05) is 6.08 Å². The van der Waals surface area contributed by atoms with E-state index in [0.29, 0.717) is 0 Å². The van der Waals surface area contributed by atoms with Crippen LogP contribution in [-0.2, 0) is 0 Å². The van der Waals surface area contributed by atoms with E-state index in [0.717, 1.165) is 0 Å². The molecule has 0 unspecified atom stereocenters. The van der Waals surface area contributed by atoms with Crippen LogP contribution in [-0.4, -0.2) is 9.55 Å². The topological polar surface area (TPSA) is 17.8 Å². The Labute approximate surface area is 54.8 Å². The number of aromatic nitrogens is 2. The summed E-state index contributed by atoms with van der Waals surface area (Å²) in [5, 5.41) is 0. The van der Waals surface area contributed by atoms with Gasteiger partial charge in [-0.25, -0.2) is 4.98 Å². The lowest BCUT2D eigenvalue weighted by Gasteiger charge is -1.96. The van der Waals surface area contributed by atoms with Crippen molar-refractivity contribution in [2.45, 2.75) is 13.8 Å². The van der Waals surface area contributed by atoms with Crippen molar-refractivity contribution in [1.29, 1.82) is 0 Å². The first-order chi connectivity index (χ1) is 4.34. The Bertz CT molecular complexity index is 197. The average molecular weight is 122 g/mol. The molecule has 0 saturated carbocycles. The number of allylic oxidation sites excluding steroid dienone is 2.